The summed E-state index contributed by atoms with van der Waals surface area (Å²) in [4.78, 5) is 0. The van der Waals surface area contributed by atoms with Crippen molar-refractivity contribution in [3.05, 3.63) is 35.4 Å². The van der Waals surface area contributed by atoms with Gasteiger partial charge in [-0.25, -0.2) is 0 Å². The summed E-state index contributed by atoms with van der Waals surface area (Å²) in [7, 11) is 0. The summed E-state index contributed by atoms with van der Waals surface area (Å²) in [6.07, 6.45) is -4.38. The normalized spacial score (nSPS) is 26.3. The van der Waals surface area contributed by atoms with E-state index in [1.54, 1.807) is 13.0 Å². The zero-order valence-corrected chi connectivity index (χ0v) is 10.1. The molecule has 0 aliphatic carbocycles. The van der Waals surface area contributed by atoms with Crippen molar-refractivity contribution >= 4 is 0 Å². The van der Waals surface area contributed by atoms with Crippen LogP contribution in [0.25, 0.3) is 0 Å². The van der Waals surface area contributed by atoms with Crippen LogP contribution in [0.3, 0.4) is 0 Å². The zero-order chi connectivity index (χ0) is 13.4. The molecule has 0 spiro atoms. The molecule has 1 aliphatic rings. The van der Waals surface area contributed by atoms with Gasteiger partial charge < -0.3 is 10.4 Å². The number of aliphatic hydroxyl groups excluding tert-OH is 1. The first-order valence-electron chi connectivity index (χ1n) is 5.93. The lowest BCUT2D eigenvalue weighted by atomic mass is 9.75. The average molecular weight is 259 g/mol. The molecule has 2 atom stereocenters. The van der Waals surface area contributed by atoms with Crippen LogP contribution in [0.4, 0.5) is 13.2 Å². The molecule has 0 bridgehead atoms. The van der Waals surface area contributed by atoms with Gasteiger partial charge in [0.15, 0.2) is 0 Å². The van der Waals surface area contributed by atoms with Crippen molar-refractivity contribution in [3.8, 4) is 0 Å². The van der Waals surface area contributed by atoms with Gasteiger partial charge in [0.25, 0.3) is 0 Å². The van der Waals surface area contributed by atoms with Gasteiger partial charge in [0.2, 0.25) is 0 Å². The third-order valence-corrected chi connectivity index (χ3v) is 3.75. The van der Waals surface area contributed by atoms with Crippen molar-refractivity contribution in [1.82, 2.24) is 5.32 Å². The summed E-state index contributed by atoms with van der Waals surface area (Å²) < 4.78 is 38.1. The van der Waals surface area contributed by atoms with E-state index in [4.69, 9.17) is 0 Å². The van der Waals surface area contributed by atoms with Crippen molar-refractivity contribution in [3.63, 3.8) is 0 Å². The molecule has 1 aliphatic heterocycles. The van der Waals surface area contributed by atoms with E-state index in [1.165, 1.54) is 6.07 Å². The van der Waals surface area contributed by atoms with Crippen LogP contribution in [-0.2, 0) is 11.6 Å². The Morgan fingerprint density at radius 1 is 1.39 bits per heavy atom. The van der Waals surface area contributed by atoms with E-state index < -0.39 is 23.3 Å². The molecule has 0 radical (unpaired) electrons. The van der Waals surface area contributed by atoms with E-state index in [0.717, 1.165) is 12.1 Å². The molecule has 0 aromatic heterocycles. The highest BCUT2D eigenvalue weighted by Gasteiger charge is 2.41. The first kappa shape index (κ1) is 13.4. The predicted molar refractivity (Wildman–Crippen MR) is 62.3 cm³/mol. The first-order valence-corrected chi connectivity index (χ1v) is 5.93. The molecule has 100 valence electrons. The van der Waals surface area contributed by atoms with Gasteiger partial charge in [0.05, 0.1) is 11.7 Å². The summed E-state index contributed by atoms with van der Waals surface area (Å²) in [5, 5.41) is 13.0. The average Bonchev–Trinajstić information content (AvgIpc) is 2.78. The smallest absolute Gasteiger partial charge is 0.392 e. The molecule has 2 nitrogen and oxygen atoms in total. The quantitative estimate of drug-likeness (QED) is 0.854. The lowest BCUT2D eigenvalue weighted by Crippen LogP contribution is -2.40. The van der Waals surface area contributed by atoms with E-state index in [0.29, 0.717) is 25.1 Å². The highest BCUT2D eigenvalue weighted by atomic mass is 19.4. The Morgan fingerprint density at radius 2 is 2.11 bits per heavy atom. The van der Waals surface area contributed by atoms with E-state index in [2.05, 4.69) is 5.32 Å². The number of alkyl halides is 3. The summed E-state index contributed by atoms with van der Waals surface area (Å²) in [6.45, 7) is 2.85. The first-order chi connectivity index (χ1) is 8.36. The Bertz CT molecular complexity index is 422. The van der Waals surface area contributed by atoms with Crippen LogP contribution >= 0.6 is 0 Å². The minimum Gasteiger partial charge on any atom is -0.392 e. The monoisotopic (exact) mass is 259 g/mol. The Morgan fingerprint density at radius 3 is 2.61 bits per heavy atom. The molecule has 1 saturated heterocycles. The maximum atomic E-state index is 12.7. The van der Waals surface area contributed by atoms with E-state index in [-0.39, 0.29) is 0 Å². The number of nitrogens with one attached hydrogen (secondary N) is 1. The number of benzene rings is 1. The Balaban J connectivity index is 2.44. The Kier molecular flexibility index (Phi) is 3.38. The van der Waals surface area contributed by atoms with Gasteiger partial charge in [0.1, 0.15) is 0 Å². The number of halogens is 3. The third-order valence-electron chi connectivity index (χ3n) is 3.75. The topological polar surface area (TPSA) is 32.3 Å². The van der Waals surface area contributed by atoms with Gasteiger partial charge >= 0.3 is 6.18 Å². The fourth-order valence-corrected chi connectivity index (χ4v) is 2.56. The minimum atomic E-state index is -4.35. The molecule has 5 heteroatoms. The van der Waals surface area contributed by atoms with Crippen molar-refractivity contribution < 1.29 is 18.3 Å². The van der Waals surface area contributed by atoms with Gasteiger partial charge in [-0.3, -0.25) is 0 Å². The molecule has 2 N–H and O–H groups in total. The Labute approximate surface area is 104 Å². The van der Waals surface area contributed by atoms with Crippen LogP contribution < -0.4 is 5.32 Å². The van der Waals surface area contributed by atoms with Gasteiger partial charge in [0, 0.05) is 12.0 Å². The van der Waals surface area contributed by atoms with Gasteiger partial charge in [-0.15, -0.1) is 0 Å². The molecular formula is C13H16F3NO. The van der Waals surface area contributed by atoms with E-state index >= 15 is 0 Å². The summed E-state index contributed by atoms with van der Waals surface area (Å²) in [5.41, 5.74) is -0.717. The number of hydrogen-bond acceptors (Lipinski definition) is 2. The van der Waals surface area contributed by atoms with Crippen molar-refractivity contribution in [1.29, 1.82) is 0 Å². The highest BCUT2D eigenvalue weighted by molar-refractivity contribution is 5.34. The van der Waals surface area contributed by atoms with E-state index in [9.17, 15) is 18.3 Å². The predicted octanol–water partition coefficient (Wildman–Crippen LogP) is 2.32. The molecule has 1 heterocycles. The number of aliphatic hydroxyl groups is 1. The van der Waals surface area contributed by atoms with Crippen molar-refractivity contribution in [2.75, 3.05) is 13.1 Å². The molecule has 1 aromatic rings. The maximum Gasteiger partial charge on any atom is 0.416 e. The molecule has 1 fully saturated rings. The minimum absolute atomic E-state index is 0.506. The second-order valence-electron chi connectivity index (χ2n) is 4.84. The van der Waals surface area contributed by atoms with Crippen LogP contribution in [0.15, 0.2) is 24.3 Å². The largest absolute Gasteiger partial charge is 0.416 e. The van der Waals surface area contributed by atoms with Gasteiger partial charge in [-0.1, -0.05) is 18.2 Å². The second-order valence-corrected chi connectivity index (χ2v) is 4.84. The van der Waals surface area contributed by atoms with Crippen LogP contribution in [0.1, 0.15) is 24.5 Å². The summed E-state index contributed by atoms with van der Waals surface area (Å²) in [5.74, 6) is 0. The van der Waals surface area contributed by atoms with Gasteiger partial charge in [-0.05, 0) is 31.5 Å². The molecule has 2 unspecified atom stereocenters. The lowest BCUT2D eigenvalue weighted by molar-refractivity contribution is -0.137. The fourth-order valence-electron chi connectivity index (χ4n) is 2.56. The molecule has 0 amide bonds. The molecular weight excluding hydrogens is 243 g/mol. The Hall–Kier alpha value is -1.07. The molecule has 1 aromatic carbocycles. The standard InChI is InChI=1S/C13H16F3NO/c1-9(18)12(5-6-17-8-12)10-3-2-4-11(7-10)13(14,15)16/h2-4,7,9,17-18H,5-6,8H2,1H3. The highest BCUT2D eigenvalue weighted by Crippen LogP contribution is 2.37. The van der Waals surface area contributed by atoms with Crippen LogP contribution in [0, 0.1) is 0 Å². The lowest BCUT2D eigenvalue weighted by Gasteiger charge is -2.32. The van der Waals surface area contributed by atoms with Crippen LogP contribution in [-0.4, -0.2) is 24.3 Å². The zero-order valence-electron chi connectivity index (χ0n) is 10.1. The molecule has 0 saturated carbocycles. The summed E-state index contributed by atoms with van der Waals surface area (Å²) in [6, 6.07) is 5.27. The van der Waals surface area contributed by atoms with Crippen molar-refractivity contribution in [2.45, 2.75) is 31.0 Å². The summed E-state index contributed by atoms with van der Waals surface area (Å²) >= 11 is 0. The van der Waals surface area contributed by atoms with E-state index in [1.807, 2.05) is 0 Å². The maximum absolute atomic E-state index is 12.7. The molecule has 18 heavy (non-hydrogen) atoms. The molecule has 2 rings (SSSR count). The number of rotatable bonds is 2. The van der Waals surface area contributed by atoms with Crippen LogP contribution in [0.2, 0.25) is 0 Å². The fraction of sp³-hybridized carbons (Fsp3) is 0.538. The van der Waals surface area contributed by atoms with Gasteiger partial charge in [-0.2, -0.15) is 13.2 Å². The number of hydrogen-bond donors (Lipinski definition) is 2. The second kappa shape index (κ2) is 4.55. The third kappa shape index (κ3) is 2.24. The van der Waals surface area contributed by atoms with Crippen molar-refractivity contribution in [2.24, 2.45) is 0 Å². The van der Waals surface area contributed by atoms with Crippen LogP contribution in [0.5, 0.6) is 0 Å². The SMILES string of the molecule is CC(O)C1(c2cccc(C(F)(F)F)c2)CCNC1.